The summed E-state index contributed by atoms with van der Waals surface area (Å²) in [5.41, 5.74) is 0. The van der Waals surface area contributed by atoms with Gasteiger partial charge in [-0.1, -0.05) is 72.1 Å². The van der Waals surface area contributed by atoms with Crippen LogP contribution in [0.1, 0.15) is 117 Å². The lowest BCUT2D eigenvalue weighted by Gasteiger charge is -2.06. The summed E-state index contributed by atoms with van der Waals surface area (Å²) in [5.74, 6) is 0.782. The largest absolute Gasteiger partial charge is 0.466 e. The molecule has 5 nitrogen and oxygen atoms in total. The number of hydrogen-bond donors (Lipinski definition) is 0. The molecule has 0 saturated carbocycles. The molecule has 5 heteroatoms. The highest BCUT2D eigenvalue weighted by Gasteiger charge is 2.51. The van der Waals surface area contributed by atoms with Gasteiger partial charge in [0.25, 0.3) is 0 Å². The summed E-state index contributed by atoms with van der Waals surface area (Å²) < 4.78 is 22.6. The van der Waals surface area contributed by atoms with E-state index in [1.807, 2.05) is 0 Å². The van der Waals surface area contributed by atoms with Gasteiger partial charge in [0, 0.05) is 19.3 Å². The zero-order valence-electron chi connectivity index (χ0n) is 20.9. The molecule has 0 N–H and O–H groups in total. The van der Waals surface area contributed by atoms with Gasteiger partial charge in [0.15, 0.2) is 0 Å². The Labute approximate surface area is 196 Å². The van der Waals surface area contributed by atoms with Crippen LogP contribution in [0.15, 0.2) is 0 Å². The fourth-order valence-electron chi connectivity index (χ4n) is 4.85. The summed E-state index contributed by atoms with van der Waals surface area (Å²) in [6, 6.07) is 0. The Bertz CT molecular complexity index is 536. The minimum atomic E-state index is -0.0135. The first-order chi connectivity index (χ1) is 15.6. The van der Waals surface area contributed by atoms with E-state index in [-0.39, 0.29) is 5.97 Å². The molecule has 0 aromatic heterocycles. The molecule has 186 valence electrons. The van der Waals surface area contributed by atoms with Crippen LogP contribution >= 0.6 is 0 Å². The van der Waals surface area contributed by atoms with Crippen LogP contribution in [-0.4, -0.2) is 49.2 Å². The number of unbranched alkanes of at least 4 members (excludes halogenated alkanes) is 7. The lowest BCUT2D eigenvalue weighted by atomic mass is 10.0. The quantitative estimate of drug-likeness (QED) is 0.122. The van der Waals surface area contributed by atoms with Gasteiger partial charge in [-0.05, 0) is 31.6 Å². The Kier molecular flexibility index (Phi) is 11.3. The molecule has 3 aliphatic rings. The lowest BCUT2D eigenvalue weighted by molar-refractivity contribution is -0.143. The average molecular weight is 453 g/mol. The molecule has 3 aliphatic heterocycles. The van der Waals surface area contributed by atoms with E-state index in [1.165, 1.54) is 51.4 Å². The van der Waals surface area contributed by atoms with E-state index in [0.29, 0.717) is 49.7 Å². The van der Waals surface area contributed by atoms with E-state index in [1.54, 1.807) is 0 Å². The van der Waals surface area contributed by atoms with Gasteiger partial charge in [-0.25, -0.2) is 0 Å². The number of carbonyl (C=O) groups is 1. The van der Waals surface area contributed by atoms with Gasteiger partial charge < -0.3 is 18.9 Å². The van der Waals surface area contributed by atoms with Crippen LogP contribution in [0.4, 0.5) is 0 Å². The Morgan fingerprint density at radius 3 is 2.00 bits per heavy atom. The van der Waals surface area contributed by atoms with Crippen LogP contribution in [0.2, 0.25) is 0 Å². The summed E-state index contributed by atoms with van der Waals surface area (Å²) in [4.78, 5) is 11.8. The normalized spacial score (nSPS) is 30.5. The number of ether oxygens (including phenoxy) is 4. The fourth-order valence-corrected chi connectivity index (χ4v) is 4.85. The first-order valence-electron chi connectivity index (χ1n) is 13.7. The SMILES string of the molecule is CCC1OC1CC1OC1CC1OC1CCCCCCCC(=O)OCCCCCCC(C)C. The molecule has 3 fully saturated rings. The highest BCUT2D eigenvalue weighted by atomic mass is 16.6. The summed E-state index contributed by atoms with van der Waals surface area (Å²) in [5, 5.41) is 0. The predicted octanol–water partition coefficient (Wildman–Crippen LogP) is 6.36. The van der Waals surface area contributed by atoms with E-state index in [4.69, 9.17) is 18.9 Å². The van der Waals surface area contributed by atoms with E-state index >= 15 is 0 Å². The van der Waals surface area contributed by atoms with E-state index in [9.17, 15) is 4.79 Å². The van der Waals surface area contributed by atoms with Crippen LogP contribution in [0.25, 0.3) is 0 Å². The van der Waals surface area contributed by atoms with Gasteiger partial charge in [-0.15, -0.1) is 0 Å². The maximum atomic E-state index is 11.8. The molecule has 3 rings (SSSR count). The Morgan fingerprint density at radius 2 is 1.28 bits per heavy atom. The molecule has 3 heterocycles. The van der Waals surface area contributed by atoms with Crippen molar-refractivity contribution >= 4 is 5.97 Å². The van der Waals surface area contributed by atoms with Crippen LogP contribution in [0.3, 0.4) is 0 Å². The molecule has 0 radical (unpaired) electrons. The highest BCUT2D eigenvalue weighted by molar-refractivity contribution is 5.69. The molecule has 32 heavy (non-hydrogen) atoms. The molecule has 0 aromatic carbocycles. The summed E-state index contributed by atoms with van der Waals surface area (Å²) in [6.07, 6.45) is 19.5. The maximum absolute atomic E-state index is 11.8. The van der Waals surface area contributed by atoms with Crippen molar-refractivity contribution in [3.8, 4) is 0 Å². The van der Waals surface area contributed by atoms with Crippen LogP contribution in [-0.2, 0) is 23.7 Å². The molecule has 0 spiro atoms. The van der Waals surface area contributed by atoms with Crippen molar-refractivity contribution < 1.29 is 23.7 Å². The van der Waals surface area contributed by atoms with Crippen molar-refractivity contribution in [1.82, 2.24) is 0 Å². The molecule has 6 atom stereocenters. The molecule has 0 amide bonds. The third kappa shape index (κ3) is 10.5. The van der Waals surface area contributed by atoms with Crippen molar-refractivity contribution in [2.45, 2.75) is 154 Å². The van der Waals surface area contributed by atoms with Gasteiger partial charge in [0.05, 0.1) is 43.2 Å². The molecule has 0 aliphatic carbocycles. The summed E-state index contributed by atoms with van der Waals surface area (Å²) >= 11 is 0. The topological polar surface area (TPSA) is 63.9 Å². The second kappa shape index (κ2) is 13.9. The maximum Gasteiger partial charge on any atom is 0.305 e. The van der Waals surface area contributed by atoms with Gasteiger partial charge in [0.2, 0.25) is 0 Å². The minimum Gasteiger partial charge on any atom is -0.466 e. The zero-order chi connectivity index (χ0) is 22.8. The van der Waals surface area contributed by atoms with Crippen molar-refractivity contribution in [3.05, 3.63) is 0 Å². The first-order valence-corrected chi connectivity index (χ1v) is 13.7. The van der Waals surface area contributed by atoms with Gasteiger partial charge in [-0.2, -0.15) is 0 Å². The van der Waals surface area contributed by atoms with Crippen molar-refractivity contribution in [2.24, 2.45) is 5.92 Å². The van der Waals surface area contributed by atoms with Crippen LogP contribution < -0.4 is 0 Å². The molecular formula is C27H48O5. The Hall–Kier alpha value is -0.650. The smallest absolute Gasteiger partial charge is 0.305 e. The molecule has 3 saturated heterocycles. The fraction of sp³-hybridized carbons (Fsp3) is 0.963. The number of hydrogen-bond acceptors (Lipinski definition) is 5. The number of rotatable bonds is 20. The number of esters is 1. The third-order valence-electron chi connectivity index (χ3n) is 7.20. The van der Waals surface area contributed by atoms with Crippen LogP contribution in [0.5, 0.6) is 0 Å². The second-order valence-electron chi connectivity index (χ2n) is 10.6. The zero-order valence-corrected chi connectivity index (χ0v) is 20.9. The van der Waals surface area contributed by atoms with Gasteiger partial charge in [0.1, 0.15) is 0 Å². The lowest BCUT2D eigenvalue weighted by Crippen LogP contribution is -2.05. The number of carbonyl (C=O) groups excluding carboxylic acids is 1. The van der Waals surface area contributed by atoms with Crippen molar-refractivity contribution in [3.63, 3.8) is 0 Å². The van der Waals surface area contributed by atoms with E-state index in [2.05, 4.69) is 20.8 Å². The predicted molar refractivity (Wildman–Crippen MR) is 127 cm³/mol. The van der Waals surface area contributed by atoms with E-state index in [0.717, 1.165) is 44.4 Å². The Morgan fingerprint density at radius 1 is 0.719 bits per heavy atom. The van der Waals surface area contributed by atoms with Crippen molar-refractivity contribution in [2.75, 3.05) is 6.61 Å². The Balaban J connectivity index is 1.03. The minimum absolute atomic E-state index is 0.0135. The first kappa shape index (κ1) is 26.0. The molecular weight excluding hydrogens is 404 g/mol. The summed E-state index contributed by atoms with van der Waals surface area (Å²) in [7, 11) is 0. The van der Waals surface area contributed by atoms with Gasteiger partial charge >= 0.3 is 5.97 Å². The molecule has 6 unspecified atom stereocenters. The van der Waals surface area contributed by atoms with Crippen LogP contribution in [0, 0.1) is 5.92 Å². The van der Waals surface area contributed by atoms with Gasteiger partial charge in [-0.3, -0.25) is 4.79 Å². The van der Waals surface area contributed by atoms with Crippen molar-refractivity contribution in [1.29, 1.82) is 0 Å². The third-order valence-corrected chi connectivity index (χ3v) is 7.20. The number of epoxide rings is 3. The average Bonchev–Trinajstić information content (AvgIpc) is 3.67. The van der Waals surface area contributed by atoms with E-state index < -0.39 is 0 Å². The standard InChI is InChI=1S/C27H48O5/c1-4-21-23(30-21)18-25-26(32-25)19-24-22(31-24)15-11-6-5-7-12-16-27(28)29-17-13-9-8-10-14-20(2)3/h20-26H,4-19H2,1-3H3. The second-order valence-corrected chi connectivity index (χ2v) is 10.6. The molecule has 0 aromatic rings. The summed E-state index contributed by atoms with van der Waals surface area (Å²) in [6.45, 7) is 7.33. The highest BCUT2D eigenvalue weighted by Crippen LogP contribution is 2.42. The monoisotopic (exact) mass is 452 g/mol. The molecule has 0 bridgehead atoms.